The molecule has 1 saturated heterocycles. The number of carbonyl (C=O) groups excluding carboxylic acids is 1. The predicted molar refractivity (Wildman–Crippen MR) is 77.6 cm³/mol. The number of nitrogens with zero attached hydrogens (tertiary/aromatic N) is 2. The summed E-state index contributed by atoms with van der Waals surface area (Å²) in [4.78, 5) is 14.0. The molecule has 1 fully saturated rings. The number of nitrogens with one attached hydrogen (secondary N) is 1. The zero-order valence-corrected chi connectivity index (χ0v) is 12.4. The molecule has 1 rings (SSSR count). The first-order valence-electron chi connectivity index (χ1n) is 7.35. The van der Waals surface area contributed by atoms with Crippen LogP contribution in [-0.4, -0.2) is 41.7 Å². The molecule has 1 atom stereocenters. The van der Waals surface area contributed by atoms with Crippen LogP contribution < -0.4 is 5.32 Å². The second kappa shape index (κ2) is 8.60. The average molecular weight is 279 g/mol. The Bertz CT molecular complexity index is 383. The number of carbonyl (C=O) groups is 1. The molecule has 0 aliphatic carbocycles. The molecular formula is C15H25N3O2. The average Bonchev–Trinajstić information content (AvgIpc) is 2.44. The van der Waals surface area contributed by atoms with E-state index >= 15 is 0 Å². The number of aliphatic hydroxyl groups is 1. The van der Waals surface area contributed by atoms with Crippen molar-refractivity contribution in [1.82, 2.24) is 10.2 Å². The van der Waals surface area contributed by atoms with Crippen LogP contribution in [0, 0.1) is 17.2 Å². The highest BCUT2D eigenvalue weighted by Crippen LogP contribution is 2.20. The van der Waals surface area contributed by atoms with Gasteiger partial charge in [-0.2, -0.15) is 5.26 Å². The van der Waals surface area contributed by atoms with Crippen molar-refractivity contribution in [2.75, 3.05) is 19.7 Å². The van der Waals surface area contributed by atoms with Crippen molar-refractivity contribution in [3.8, 4) is 6.07 Å². The van der Waals surface area contributed by atoms with Crippen molar-refractivity contribution in [1.29, 1.82) is 5.26 Å². The lowest BCUT2D eigenvalue weighted by molar-refractivity contribution is -0.117. The minimum absolute atomic E-state index is 0.135. The third-order valence-corrected chi connectivity index (χ3v) is 3.47. The lowest BCUT2D eigenvalue weighted by Crippen LogP contribution is -2.37. The molecule has 5 nitrogen and oxygen atoms in total. The van der Waals surface area contributed by atoms with Crippen LogP contribution in [0.3, 0.4) is 0 Å². The molecule has 1 aliphatic heterocycles. The van der Waals surface area contributed by atoms with E-state index in [9.17, 15) is 4.79 Å². The van der Waals surface area contributed by atoms with Crippen LogP contribution >= 0.6 is 0 Å². The van der Waals surface area contributed by atoms with Crippen LogP contribution in [0.4, 0.5) is 0 Å². The van der Waals surface area contributed by atoms with Gasteiger partial charge in [-0.05, 0) is 31.6 Å². The number of nitriles is 1. The fourth-order valence-corrected chi connectivity index (χ4v) is 2.35. The zero-order valence-electron chi connectivity index (χ0n) is 12.4. The summed E-state index contributed by atoms with van der Waals surface area (Å²) in [6.07, 6.45) is 5.54. The van der Waals surface area contributed by atoms with Crippen LogP contribution in [0.25, 0.3) is 0 Å². The van der Waals surface area contributed by atoms with Gasteiger partial charge in [0.05, 0.1) is 0 Å². The van der Waals surface area contributed by atoms with Gasteiger partial charge >= 0.3 is 0 Å². The number of hydrogen-bond acceptors (Lipinski definition) is 4. The van der Waals surface area contributed by atoms with E-state index in [1.807, 2.05) is 24.8 Å². The third-order valence-electron chi connectivity index (χ3n) is 3.47. The Kier molecular flexibility index (Phi) is 7.10. The number of piperidine rings is 1. The maximum absolute atomic E-state index is 11.9. The van der Waals surface area contributed by atoms with Gasteiger partial charge in [-0.15, -0.1) is 0 Å². The van der Waals surface area contributed by atoms with E-state index in [4.69, 9.17) is 10.4 Å². The van der Waals surface area contributed by atoms with Crippen LogP contribution in [0.5, 0.6) is 0 Å². The van der Waals surface area contributed by atoms with Crippen molar-refractivity contribution in [3.63, 3.8) is 0 Å². The molecule has 20 heavy (non-hydrogen) atoms. The fourth-order valence-electron chi connectivity index (χ4n) is 2.35. The molecule has 2 N–H and O–H groups in total. The first-order valence-corrected chi connectivity index (χ1v) is 7.35. The predicted octanol–water partition coefficient (Wildman–Crippen LogP) is 1.40. The Hall–Kier alpha value is -1.54. The molecular weight excluding hydrogens is 254 g/mol. The summed E-state index contributed by atoms with van der Waals surface area (Å²) in [6.45, 7) is 5.57. The van der Waals surface area contributed by atoms with Gasteiger partial charge in [-0.3, -0.25) is 4.79 Å². The molecule has 0 aromatic carbocycles. The van der Waals surface area contributed by atoms with Crippen molar-refractivity contribution in [2.24, 2.45) is 5.92 Å². The van der Waals surface area contributed by atoms with E-state index in [1.54, 1.807) is 6.20 Å². The highest BCUT2D eigenvalue weighted by Gasteiger charge is 2.21. The highest BCUT2D eigenvalue weighted by atomic mass is 16.3. The largest absolute Gasteiger partial charge is 0.396 e. The van der Waals surface area contributed by atoms with Gasteiger partial charge in [0.15, 0.2) is 0 Å². The molecule has 1 unspecified atom stereocenters. The molecule has 1 aliphatic rings. The Morgan fingerprint density at radius 1 is 1.55 bits per heavy atom. The molecule has 0 saturated carbocycles. The molecule has 0 aromatic heterocycles. The van der Waals surface area contributed by atoms with Crippen LogP contribution in [0.15, 0.2) is 11.8 Å². The maximum Gasteiger partial charge on any atom is 0.263 e. The maximum atomic E-state index is 11.9. The normalized spacial score (nSPS) is 19.9. The summed E-state index contributed by atoms with van der Waals surface area (Å²) in [7, 11) is 0. The molecule has 0 aromatic rings. The molecule has 0 bridgehead atoms. The standard InChI is InChI=1S/C15H25N3O2/c1-12(2)10-17-15(20)13(9-16)11-18-7-4-3-5-14(18)6-8-19/h11-12,14,19H,3-8,10H2,1-2H3,(H,17,20)/b13-11-. The topological polar surface area (TPSA) is 76.4 Å². The lowest BCUT2D eigenvalue weighted by Gasteiger charge is -2.34. The number of hydrogen-bond donors (Lipinski definition) is 2. The van der Waals surface area contributed by atoms with Crippen molar-refractivity contribution in [3.05, 3.63) is 11.8 Å². The Morgan fingerprint density at radius 3 is 2.90 bits per heavy atom. The quantitative estimate of drug-likeness (QED) is 0.569. The minimum Gasteiger partial charge on any atom is -0.396 e. The van der Waals surface area contributed by atoms with Crippen LogP contribution in [-0.2, 0) is 4.79 Å². The van der Waals surface area contributed by atoms with Gasteiger partial charge < -0.3 is 15.3 Å². The first kappa shape index (κ1) is 16.5. The Morgan fingerprint density at radius 2 is 2.30 bits per heavy atom. The first-order chi connectivity index (χ1) is 9.58. The van der Waals surface area contributed by atoms with Gasteiger partial charge in [0.25, 0.3) is 5.91 Å². The van der Waals surface area contributed by atoms with E-state index in [1.165, 1.54) is 0 Å². The number of aliphatic hydroxyl groups excluding tert-OH is 1. The zero-order chi connectivity index (χ0) is 15.0. The molecule has 1 heterocycles. The highest BCUT2D eigenvalue weighted by molar-refractivity contribution is 5.97. The minimum atomic E-state index is -0.311. The smallest absolute Gasteiger partial charge is 0.263 e. The van der Waals surface area contributed by atoms with Gasteiger partial charge in [0.1, 0.15) is 11.6 Å². The van der Waals surface area contributed by atoms with Crippen molar-refractivity contribution in [2.45, 2.75) is 45.6 Å². The number of amides is 1. The van der Waals surface area contributed by atoms with E-state index in [2.05, 4.69) is 5.32 Å². The fraction of sp³-hybridized carbons (Fsp3) is 0.733. The van der Waals surface area contributed by atoms with Crippen molar-refractivity contribution >= 4 is 5.91 Å². The number of likely N-dealkylation sites (tertiary alicyclic amines) is 1. The second-order valence-electron chi connectivity index (χ2n) is 5.66. The van der Waals surface area contributed by atoms with Gasteiger partial charge in [0, 0.05) is 31.9 Å². The van der Waals surface area contributed by atoms with E-state index in [0.717, 1.165) is 25.8 Å². The Balaban J connectivity index is 2.70. The third kappa shape index (κ3) is 5.22. The molecule has 1 amide bonds. The molecule has 0 radical (unpaired) electrons. The van der Waals surface area contributed by atoms with E-state index in [-0.39, 0.29) is 24.1 Å². The second-order valence-corrected chi connectivity index (χ2v) is 5.66. The summed E-state index contributed by atoms with van der Waals surface area (Å²) in [5.41, 5.74) is 0.149. The van der Waals surface area contributed by atoms with E-state index < -0.39 is 0 Å². The summed E-state index contributed by atoms with van der Waals surface area (Å²) in [5.74, 6) is 0.0468. The van der Waals surface area contributed by atoms with Gasteiger partial charge in [0.2, 0.25) is 0 Å². The summed E-state index contributed by atoms with van der Waals surface area (Å²) in [5, 5.41) is 21.0. The monoisotopic (exact) mass is 279 g/mol. The Labute approximate surface area is 121 Å². The van der Waals surface area contributed by atoms with E-state index in [0.29, 0.717) is 18.9 Å². The van der Waals surface area contributed by atoms with Crippen LogP contribution in [0.1, 0.15) is 39.5 Å². The summed E-state index contributed by atoms with van der Waals surface area (Å²) in [6, 6.07) is 2.21. The van der Waals surface area contributed by atoms with Gasteiger partial charge in [-0.25, -0.2) is 0 Å². The van der Waals surface area contributed by atoms with Crippen molar-refractivity contribution < 1.29 is 9.90 Å². The van der Waals surface area contributed by atoms with Gasteiger partial charge in [-0.1, -0.05) is 13.8 Å². The lowest BCUT2D eigenvalue weighted by atomic mass is 10.00. The summed E-state index contributed by atoms with van der Waals surface area (Å²) >= 11 is 0. The number of rotatable bonds is 6. The molecule has 112 valence electrons. The summed E-state index contributed by atoms with van der Waals surface area (Å²) < 4.78 is 0. The molecule has 5 heteroatoms. The SMILES string of the molecule is CC(C)CNC(=O)/C(C#N)=C\N1CCCCC1CCO. The molecule has 0 spiro atoms. The van der Waals surface area contributed by atoms with Crippen LogP contribution in [0.2, 0.25) is 0 Å².